The number of amides is 1. The molecule has 8 nitrogen and oxygen atoms in total. The van der Waals surface area contributed by atoms with Gasteiger partial charge in [0.1, 0.15) is 10.7 Å². The maximum atomic E-state index is 12.3. The van der Waals surface area contributed by atoms with Crippen LogP contribution in [0, 0.1) is 13.8 Å². The molecule has 1 aromatic carbocycles. The van der Waals surface area contributed by atoms with Gasteiger partial charge in [0.15, 0.2) is 5.76 Å². The Morgan fingerprint density at radius 2 is 1.80 bits per heavy atom. The van der Waals surface area contributed by atoms with E-state index in [1.165, 1.54) is 27.1 Å². The minimum absolute atomic E-state index is 0.0595. The summed E-state index contributed by atoms with van der Waals surface area (Å²) in [5.74, 6) is -1.88. The second-order valence-corrected chi connectivity index (χ2v) is 7.73. The van der Waals surface area contributed by atoms with Gasteiger partial charge in [-0.2, -0.15) is 0 Å². The highest BCUT2D eigenvalue weighted by Gasteiger charge is 2.26. The van der Waals surface area contributed by atoms with Crippen LogP contribution in [0.3, 0.4) is 0 Å². The molecular weight excluding hydrogens is 348 g/mol. The molecule has 0 saturated heterocycles. The zero-order valence-electron chi connectivity index (χ0n) is 14.2. The highest BCUT2D eigenvalue weighted by molar-refractivity contribution is 7.89. The van der Waals surface area contributed by atoms with E-state index in [1.54, 1.807) is 19.1 Å². The lowest BCUT2D eigenvalue weighted by atomic mass is 10.1. The summed E-state index contributed by atoms with van der Waals surface area (Å²) in [6.07, 6.45) is 0. The topological polar surface area (TPSA) is 117 Å². The van der Waals surface area contributed by atoms with Gasteiger partial charge in [0.25, 0.3) is 5.91 Å². The number of anilines is 1. The fraction of sp³-hybridized carbons (Fsp3) is 0.250. The number of rotatable bonds is 5. The molecule has 0 spiro atoms. The van der Waals surface area contributed by atoms with Crippen LogP contribution in [0.4, 0.5) is 5.69 Å². The molecule has 2 N–H and O–H groups in total. The number of carbonyl (C=O) groups excluding carboxylic acids is 1. The third-order valence-corrected chi connectivity index (χ3v) is 5.50. The molecule has 0 saturated carbocycles. The number of carbonyl (C=O) groups is 2. The normalized spacial score (nSPS) is 11.6. The Morgan fingerprint density at radius 3 is 2.36 bits per heavy atom. The summed E-state index contributed by atoms with van der Waals surface area (Å²) in [4.78, 5) is 23.3. The molecule has 9 heteroatoms. The van der Waals surface area contributed by atoms with Crippen LogP contribution >= 0.6 is 0 Å². The third-order valence-electron chi connectivity index (χ3n) is 3.58. The van der Waals surface area contributed by atoms with Crippen molar-refractivity contribution in [1.82, 2.24) is 4.31 Å². The van der Waals surface area contributed by atoms with Gasteiger partial charge in [-0.25, -0.2) is 17.5 Å². The summed E-state index contributed by atoms with van der Waals surface area (Å²) in [7, 11) is -0.982. The summed E-state index contributed by atoms with van der Waals surface area (Å²) in [5, 5.41) is 11.6. The lowest BCUT2D eigenvalue weighted by Crippen LogP contribution is -2.22. The fourth-order valence-corrected chi connectivity index (χ4v) is 3.21. The van der Waals surface area contributed by atoms with E-state index in [4.69, 9.17) is 9.52 Å². The van der Waals surface area contributed by atoms with Gasteiger partial charge < -0.3 is 14.8 Å². The highest BCUT2D eigenvalue weighted by Crippen LogP contribution is 2.23. The van der Waals surface area contributed by atoms with Gasteiger partial charge in [-0.15, -0.1) is 0 Å². The highest BCUT2D eigenvalue weighted by atomic mass is 32.2. The van der Waals surface area contributed by atoms with E-state index in [-0.39, 0.29) is 27.7 Å². The van der Waals surface area contributed by atoms with Crippen molar-refractivity contribution < 1.29 is 27.5 Å². The van der Waals surface area contributed by atoms with Gasteiger partial charge in [-0.3, -0.25) is 4.79 Å². The van der Waals surface area contributed by atoms with Gasteiger partial charge in [0.05, 0.1) is 5.56 Å². The molecule has 0 fully saturated rings. The SMILES string of the molecule is Cc1ccc(NC(=O)c2cc(S(=O)(=O)N(C)C)c(C)o2)cc1C(=O)O. The predicted molar refractivity (Wildman–Crippen MR) is 90.4 cm³/mol. The molecule has 0 atom stereocenters. The van der Waals surface area contributed by atoms with Crippen molar-refractivity contribution >= 4 is 27.6 Å². The number of aryl methyl sites for hydroxylation is 2. The van der Waals surface area contributed by atoms with Crippen LogP contribution in [0.25, 0.3) is 0 Å². The average molecular weight is 366 g/mol. The summed E-state index contributed by atoms with van der Waals surface area (Å²) in [5.41, 5.74) is 0.877. The average Bonchev–Trinajstić information content (AvgIpc) is 2.91. The van der Waals surface area contributed by atoms with Crippen LogP contribution in [0.1, 0.15) is 32.2 Å². The molecule has 1 amide bonds. The molecule has 0 bridgehead atoms. The zero-order valence-corrected chi connectivity index (χ0v) is 15.0. The van der Waals surface area contributed by atoms with E-state index in [0.717, 1.165) is 10.4 Å². The van der Waals surface area contributed by atoms with Crippen LogP contribution in [-0.2, 0) is 10.0 Å². The van der Waals surface area contributed by atoms with Crippen LogP contribution in [0.2, 0.25) is 0 Å². The molecule has 0 aliphatic rings. The Labute approximate surface area is 145 Å². The first-order chi connectivity index (χ1) is 11.5. The smallest absolute Gasteiger partial charge is 0.336 e. The molecule has 2 aromatic rings. The number of carboxylic acid groups (broad SMARTS) is 1. The van der Waals surface area contributed by atoms with Crippen molar-refractivity contribution in [3.63, 3.8) is 0 Å². The number of benzene rings is 1. The summed E-state index contributed by atoms with van der Waals surface area (Å²) < 4.78 is 30.6. The van der Waals surface area contributed by atoms with Crippen molar-refractivity contribution in [2.24, 2.45) is 0 Å². The number of nitrogens with zero attached hydrogens (tertiary/aromatic N) is 1. The number of sulfonamides is 1. The molecule has 1 heterocycles. The molecule has 1 aromatic heterocycles. The van der Waals surface area contributed by atoms with E-state index in [2.05, 4.69) is 5.32 Å². The Balaban J connectivity index is 2.32. The minimum Gasteiger partial charge on any atom is -0.478 e. The second kappa shape index (κ2) is 6.69. The van der Waals surface area contributed by atoms with Crippen LogP contribution < -0.4 is 5.32 Å². The van der Waals surface area contributed by atoms with Crippen LogP contribution in [0.15, 0.2) is 33.6 Å². The molecule has 0 aliphatic heterocycles. The maximum Gasteiger partial charge on any atom is 0.336 e. The number of furan rings is 1. The van der Waals surface area contributed by atoms with Gasteiger partial charge in [-0.05, 0) is 31.5 Å². The summed E-state index contributed by atoms with van der Waals surface area (Å²) in [6, 6.07) is 5.58. The fourth-order valence-electron chi connectivity index (χ4n) is 2.15. The van der Waals surface area contributed by atoms with Crippen LogP contribution in [-0.4, -0.2) is 43.8 Å². The number of hydrogen-bond acceptors (Lipinski definition) is 5. The first-order valence-electron chi connectivity index (χ1n) is 7.22. The Hall–Kier alpha value is -2.65. The molecule has 25 heavy (non-hydrogen) atoms. The number of carboxylic acids is 1. The van der Waals surface area contributed by atoms with E-state index in [0.29, 0.717) is 5.56 Å². The van der Waals surface area contributed by atoms with Crippen molar-refractivity contribution in [3.8, 4) is 0 Å². The first kappa shape index (κ1) is 18.7. The summed E-state index contributed by atoms with van der Waals surface area (Å²) in [6.45, 7) is 3.09. The van der Waals surface area contributed by atoms with Gasteiger partial charge in [0.2, 0.25) is 10.0 Å². The second-order valence-electron chi connectivity index (χ2n) is 5.61. The molecule has 0 unspecified atom stereocenters. The Bertz CT molecular complexity index is 944. The molecule has 134 valence electrons. The lowest BCUT2D eigenvalue weighted by Gasteiger charge is -2.09. The van der Waals surface area contributed by atoms with Crippen molar-refractivity contribution in [3.05, 3.63) is 46.9 Å². The van der Waals surface area contributed by atoms with Gasteiger partial charge in [-0.1, -0.05) is 6.07 Å². The van der Waals surface area contributed by atoms with Crippen molar-refractivity contribution in [2.45, 2.75) is 18.7 Å². The number of hydrogen-bond donors (Lipinski definition) is 2. The monoisotopic (exact) mass is 366 g/mol. The van der Waals surface area contributed by atoms with E-state index in [1.807, 2.05) is 0 Å². The van der Waals surface area contributed by atoms with Crippen LogP contribution in [0.5, 0.6) is 0 Å². The molecular formula is C16H18N2O6S. The minimum atomic E-state index is -3.73. The Kier molecular flexibility index (Phi) is 5.00. The van der Waals surface area contributed by atoms with E-state index < -0.39 is 21.9 Å². The Morgan fingerprint density at radius 1 is 1.16 bits per heavy atom. The molecule has 2 rings (SSSR count). The standard InChI is InChI=1S/C16H18N2O6S/c1-9-5-6-11(7-12(9)16(20)21)17-15(19)13-8-14(10(2)24-13)25(22,23)18(3)4/h5-8H,1-4H3,(H,17,19)(H,20,21). The molecule has 0 radical (unpaired) electrons. The zero-order chi connectivity index (χ0) is 18.9. The maximum absolute atomic E-state index is 12.3. The first-order valence-corrected chi connectivity index (χ1v) is 8.66. The largest absolute Gasteiger partial charge is 0.478 e. The number of nitrogens with one attached hydrogen (secondary N) is 1. The predicted octanol–water partition coefficient (Wildman–Crippen LogP) is 2.10. The molecule has 0 aliphatic carbocycles. The van der Waals surface area contributed by atoms with Gasteiger partial charge in [0, 0.05) is 25.8 Å². The quantitative estimate of drug-likeness (QED) is 0.837. The van der Waals surface area contributed by atoms with Gasteiger partial charge >= 0.3 is 5.97 Å². The van der Waals surface area contributed by atoms with E-state index in [9.17, 15) is 18.0 Å². The third kappa shape index (κ3) is 3.72. The van der Waals surface area contributed by atoms with Crippen molar-refractivity contribution in [2.75, 3.05) is 19.4 Å². The van der Waals surface area contributed by atoms with Crippen molar-refractivity contribution in [1.29, 1.82) is 0 Å². The number of aromatic carboxylic acids is 1. The lowest BCUT2D eigenvalue weighted by molar-refractivity contribution is 0.0695. The summed E-state index contributed by atoms with van der Waals surface area (Å²) >= 11 is 0. The van der Waals surface area contributed by atoms with E-state index >= 15 is 0 Å².